The van der Waals surface area contributed by atoms with Crippen LogP contribution in [0.4, 0.5) is 0 Å². The topological polar surface area (TPSA) is 140 Å². The Kier molecular flexibility index (Phi) is 12.9. The van der Waals surface area contributed by atoms with Crippen LogP contribution in [-0.4, -0.2) is 114 Å². The Morgan fingerprint density at radius 2 is 1.75 bits per heavy atom. The van der Waals surface area contributed by atoms with Gasteiger partial charge in [0.25, 0.3) is 12.9 Å². The summed E-state index contributed by atoms with van der Waals surface area (Å²) in [5.74, 6) is 1.98. The molecule has 2 atom stereocenters. The number of carboxylic acid groups (broad SMARTS) is 2. The first-order chi connectivity index (χ1) is 17.4. The number of aryl methyl sites for hydroxylation is 1. The Morgan fingerprint density at radius 3 is 2.39 bits per heavy atom. The zero-order chi connectivity index (χ0) is 26.3. The number of benzene rings is 1. The van der Waals surface area contributed by atoms with Gasteiger partial charge in [-0.1, -0.05) is 23.4 Å². The first-order valence-corrected chi connectivity index (χ1v) is 12.0. The van der Waals surface area contributed by atoms with Crippen LogP contribution in [0.1, 0.15) is 17.0 Å². The molecule has 0 unspecified atom stereocenters. The third-order valence-electron chi connectivity index (χ3n) is 6.25. The van der Waals surface area contributed by atoms with Gasteiger partial charge in [-0.15, -0.1) is 0 Å². The van der Waals surface area contributed by atoms with E-state index in [0.717, 1.165) is 69.4 Å². The zero-order valence-electron chi connectivity index (χ0n) is 21.0. The van der Waals surface area contributed by atoms with Crippen LogP contribution in [0.2, 0.25) is 0 Å². The van der Waals surface area contributed by atoms with Crippen molar-refractivity contribution in [2.24, 2.45) is 5.92 Å². The molecule has 0 aliphatic carbocycles. The fourth-order valence-corrected chi connectivity index (χ4v) is 4.41. The quantitative estimate of drug-likeness (QED) is 0.443. The normalized spacial score (nSPS) is 20.5. The van der Waals surface area contributed by atoms with Crippen molar-refractivity contribution in [2.45, 2.75) is 26.0 Å². The number of β-amino-alcohol motifs (C(OH)–C–C–N with tert-alkyl or cyclic N) is 1. The second kappa shape index (κ2) is 15.9. The highest BCUT2D eigenvalue weighted by Gasteiger charge is 2.32. The standard InChI is InChI=1S/C23H34N4O3.2CH2O2/c1-18-13-21(30-24-18)14-20-16-27(17-22(20)28)15-19-5-3-4-6-23(19)29-12-11-26-9-7-25(2)8-10-26;2*2-1-3/h3-6,13,20,22,28H,7-12,14-17H2,1-2H3;2*1H,(H,2,3)/t20-,22+;;/m1../s1. The number of likely N-dealkylation sites (tertiary alicyclic amines) is 1. The largest absolute Gasteiger partial charge is 0.492 e. The number of likely N-dealkylation sites (N-methyl/N-ethyl adjacent to an activating group) is 1. The van der Waals surface area contributed by atoms with Crippen LogP contribution >= 0.6 is 0 Å². The van der Waals surface area contributed by atoms with E-state index in [1.807, 2.05) is 19.1 Å². The van der Waals surface area contributed by atoms with Crippen LogP contribution in [0.15, 0.2) is 34.9 Å². The highest BCUT2D eigenvalue weighted by atomic mass is 16.5. The summed E-state index contributed by atoms with van der Waals surface area (Å²) in [7, 11) is 2.18. The van der Waals surface area contributed by atoms with Crippen molar-refractivity contribution in [3.8, 4) is 5.75 Å². The molecule has 0 radical (unpaired) electrons. The van der Waals surface area contributed by atoms with E-state index >= 15 is 0 Å². The highest BCUT2D eigenvalue weighted by molar-refractivity contribution is 5.33. The summed E-state index contributed by atoms with van der Waals surface area (Å²) in [5.41, 5.74) is 2.07. The molecule has 200 valence electrons. The molecule has 1 aromatic carbocycles. The van der Waals surface area contributed by atoms with Crippen molar-refractivity contribution in [3.63, 3.8) is 0 Å². The lowest BCUT2D eigenvalue weighted by Crippen LogP contribution is -2.45. The number of aromatic nitrogens is 1. The van der Waals surface area contributed by atoms with E-state index in [0.29, 0.717) is 13.2 Å². The number of hydrogen-bond donors (Lipinski definition) is 3. The number of hydrogen-bond acceptors (Lipinski definition) is 9. The van der Waals surface area contributed by atoms with E-state index in [4.69, 9.17) is 29.1 Å². The van der Waals surface area contributed by atoms with Crippen LogP contribution < -0.4 is 4.74 Å². The van der Waals surface area contributed by atoms with E-state index in [1.54, 1.807) is 0 Å². The average Bonchev–Trinajstić information content (AvgIpc) is 3.41. The Morgan fingerprint density at radius 1 is 1.08 bits per heavy atom. The minimum Gasteiger partial charge on any atom is -0.492 e. The monoisotopic (exact) mass is 506 g/mol. The fourth-order valence-electron chi connectivity index (χ4n) is 4.41. The average molecular weight is 507 g/mol. The first kappa shape index (κ1) is 29.2. The van der Waals surface area contributed by atoms with Crippen molar-refractivity contribution in [3.05, 3.63) is 47.3 Å². The zero-order valence-corrected chi connectivity index (χ0v) is 21.0. The van der Waals surface area contributed by atoms with Crippen LogP contribution in [0.25, 0.3) is 0 Å². The Hall–Kier alpha value is -2.99. The van der Waals surface area contributed by atoms with Crippen molar-refractivity contribution in [1.82, 2.24) is 19.9 Å². The molecule has 11 heteroatoms. The Bertz CT molecular complexity index is 896. The molecule has 11 nitrogen and oxygen atoms in total. The van der Waals surface area contributed by atoms with Crippen molar-refractivity contribution >= 4 is 12.9 Å². The minimum absolute atomic E-state index is 0.169. The third kappa shape index (κ3) is 9.94. The van der Waals surface area contributed by atoms with Crippen LogP contribution in [-0.2, 0) is 22.6 Å². The summed E-state index contributed by atoms with van der Waals surface area (Å²) in [5, 5.41) is 28.3. The molecular weight excluding hydrogens is 468 g/mol. The number of piperazine rings is 1. The lowest BCUT2D eigenvalue weighted by atomic mass is 10.0. The molecule has 0 bridgehead atoms. The number of aliphatic hydroxyl groups is 1. The molecule has 1 aromatic heterocycles. The molecule has 4 rings (SSSR count). The van der Waals surface area contributed by atoms with Gasteiger partial charge in [0, 0.05) is 76.3 Å². The molecule has 0 saturated carbocycles. The minimum atomic E-state index is -0.347. The van der Waals surface area contributed by atoms with E-state index in [9.17, 15) is 5.11 Å². The fraction of sp³-hybridized carbons (Fsp3) is 0.560. The number of carbonyl (C=O) groups is 2. The van der Waals surface area contributed by atoms with E-state index < -0.39 is 0 Å². The number of rotatable bonds is 8. The van der Waals surface area contributed by atoms with Crippen molar-refractivity contribution in [2.75, 3.05) is 59.5 Å². The SMILES string of the molecule is Cc1cc(C[C@@H]2CN(Cc3ccccc3OCCN3CCN(C)CC3)C[C@@H]2O)on1.O=CO.O=CO. The lowest BCUT2D eigenvalue weighted by Gasteiger charge is -2.32. The molecule has 3 heterocycles. The van der Waals surface area contributed by atoms with Gasteiger partial charge in [0.15, 0.2) is 0 Å². The number of aliphatic hydroxyl groups excluding tert-OH is 1. The number of para-hydroxylation sites is 1. The molecule has 2 saturated heterocycles. The molecule has 2 aliphatic rings. The maximum atomic E-state index is 10.5. The predicted molar refractivity (Wildman–Crippen MR) is 133 cm³/mol. The van der Waals surface area contributed by atoms with E-state index in [1.165, 1.54) is 5.56 Å². The summed E-state index contributed by atoms with van der Waals surface area (Å²) in [4.78, 5) is 23.9. The summed E-state index contributed by atoms with van der Waals surface area (Å²) in [6, 6.07) is 10.2. The first-order valence-electron chi connectivity index (χ1n) is 12.0. The summed E-state index contributed by atoms with van der Waals surface area (Å²) >= 11 is 0. The van der Waals surface area contributed by atoms with Gasteiger partial charge in [0.1, 0.15) is 18.1 Å². The Labute approximate surface area is 211 Å². The van der Waals surface area contributed by atoms with Gasteiger partial charge in [0.05, 0.1) is 11.8 Å². The molecule has 0 amide bonds. The number of nitrogens with zero attached hydrogens (tertiary/aromatic N) is 4. The number of ether oxygens (including phenoxy) is 1. The third-order valence-corrected chi connectivity index (χ3v) is 6.25. The molecule has 2 fully saturated rings. The predicted octanol–water partition coefficient (Wildman–Crippen LogP) is 1.05. The van der Waals surface area contributed by atoms with Gasteiger partial charge in [-0.05, 0) is 20.0 Å². The van der Waals surface area contributed by atoms with Gasteiger partial charge in [-0.25, -0.2) is 0 Å². The van der Waals surface area contributed by atoms with Crippen LogP contribution in [0.3, 0.4) is 0 Å². The second-order valence-corrected chi connectivity index (χ2v) is 8.97. The molecule has 0 spiro atoms. The maximum Gasteiger partial charge on any atom is 0.290 e. The van der Waals surface area contributed by atoms with Gasteiger partial charge in [-0.3, -0.25) is 19.4 Å². The second-order valence-electron chi connectivity index (χ2n) is 8.97. The smallest absolute Gasteiger partial charge is 0.290 e. The Balaban J connectivity index is 0.000000693. The summed E-state index contributed by atoms with van der Waals surface area (Å²) in [6.45, 7) is 9.87. The van der Waals surface area contributed by atoms with Crippen molar-refractivity contribution < 1.29 is 34.2 Å². The molecule has 2 aliphatic heterocycles. The van der Waals surface area contributed by atoms with Gasteiger partial charge < -0.3 is 29.5 Å². The molecular formula is C25H38N4O7. The van der Waals surface area contributed by atoms with E-state index in [-0.39, 0.29) is 25.0 Å². The van der Waals surface area contributed by atoms with E-state index in [2.05, 4.69) is 45.1 Å². The van der Waals surface area contributed by atoms with Gasteiger partial charge in [-0.2, -0.15) is 0 Å². The van der Waals surface area contributed by atoms with Crippen LogP contribution in [0.5, 0.6) is 5.75 Å². The van der Waals surface area contributed by atoms with Gasteiger partial charge >= 0.3 is 0 Å². The molecule has 36 heavy (non-hydrogen) atoms. The van der Waals surface area contributed by atoms with Crippen LogP contribution in [0, 0.1) is 12.8 Å². The summed E-state index contributed by atoms with van der Waals surface area (Å²) < 4.78 is 11.5. The summed E-state index contributed by atoms with van der Waals surface area (Å²) in [6.07, 6.45) is 0.377. The lowest BCUT2D eigenvalue weighted by molar-refractivity contribution is -0.123. The van der Waals surface area contributed by atoms with Crippen molar-refractivity contribution in [1.29, 1.82) is 0 Å². The highest BCUT2D eigenvalue weighted by Crippen LogP contribution is 2.26. The molecule has 3 N–H and O–H groups in total. The maximum absolute atomic E-state index is 10.5. The molecule has 2 aromatic rings. The van der Waals surface area contributed by atoms with Gasteiger partial charge in [0.2, 0.25) is 0 Å².